The van der Waals surface area contributed by atoms with Crippen LogP contribution >= 0.6 is 0 Å². The Labute approximate surface area is 210 Å². The second-order valence-corrected chi connectivity index (χ2v) is 7.61. The number of hydrogen-bond donors (Lipinski definition) is 3. The summed E-state index contributed by atoms with van der Waals surface area (Å²) >= 11 is 0. The van der Waals surface area contributed by atoms with Crippen LogP contribution in [0.1, 0.15) is 84.0 Å². The molecule has 0 radical (unpaired) electrons. The normalized spacial score (nSPS) is 15.1. The SMILES string of the molecule is C/C=C/CC/C=C/CC/C=C/CC/C=C/CC/C=C/O.C1=CCC/C=C\CC1.OC/C=C\CO. The number of rotatable bonds is 14. The highest BCUT2D eigenvalue weighted by atomic mass is 16.3. The van der Waals surface area contributed by atoms with E-state index in [1.807, 2.05) is 0 Å². The third-order valence-electron chi connectivity index (χ3n) is 4.55. The molecule has 0 fully saturated rings. The molecule has 0 heterocycles. The monoisotopic (exact) mass is 470 g/mol. The average Bonchev–Trinajstić information content (AvgIpc) is 2.83. The van der Waals surface area contributed by atoms with Gasteiger partial charge in [0, 0.05) is 0 Å². The number of allylic oxidation sites excluding steroid dienone is 13. The Balaban J connectivity index is 0. The quantitative estimate of drug-likeness (QED) is 0.135. The van der Waals surface area contributed by atoms with Crippen molar-refractivity contribution in [2.24, 2.45) is 0 Å². The summed E-state index contributed by atoms with van der Waals surface area (Å²) in [5.41, 5.74) is 0. The minimum absolute atomic E-state index is 0.0144. The fraction of sp³-hybridized carbons (Fsp3) is 0.484. The molecule has 0 bridgehead atoms. The zero-order valence-corrected chi connectivity index (χ0v) is 21.5. The first-order valence-electron chi connectivity index (χ1n) is 12.9. The first-order valence-corrected chi connectivity index (χ1v) is 12.9. The summed E-state index contributed by atoms with van der Waals surface area (Å²) in [5.74, 6) is 0. The lowest BCUT2D eigenvalue weighted by Gasteiger charge is -1.92. The molecule has 192 valence electrons. The van der Waals surface area contributed by atoms with Crippen LogP contribution in [0.5, 0.6) is 0 Å². The molecule has 0 spiro atoms. The van der Waals surface area contributed by atoms with Gasteiger partial charge in [0.05, 0.1) is 19.5 Å². The Morgan fingerprint density at radius 2 is 0.765 bits per heavy atom. The van der Waals surface area contributed by atoms with E-state index in [2.05, 4.69) is 79.8 Å². The summed E-state index contributed by atoms with van der Waals surface area (Å²) in [5, 5.41) is 24.5. The van der Waals surface area contributed by atoms with Gasteiger partial charge < -0.3 is 15.3 Å². The van der Waals surface area contributed by atoms with Crippen molar-refractivity contribution in [2.45, 2.75) is 84.0 Å². The van der Waals surface area contributed by atoms with Crippen LogP contribution in [0.15, 0.2) is 97.4 Å². The molecule has 3 N–H and O–H groups in total. The highest BCUT2D eigenvalue weighted by Gasteiger charge is 1.82. The van der Waals surface area contributed by atoms with Gasteiger partial charge in [-0.2, -0.15) is 0 Å². The summed E-state index contributed by atoms with van der Waals surface area (Å²) in [4.78, 5) is 0. The minimum atomic E-state index is 0.0144. The molecule has 0 aromatic rings. The van der Waals surface area contributed by atoms with Gasteiger partial charge in [0.15, 0.2) is 0 Å². The van der Waals surface area contributed by atoms with Crippen LogP contribution in [0.3, 0.4) is 0 Å². The Kier molecular flexibility index (Phi) is 35.0. The number of hydrogen-bond acceptors (Lipinski definition) is 3. The van der Waals surface area contributed by atoms with Gasteiger partial charge in [0.2, 0.25) is 0 Å². The van der Waals surface area contributed by atoms with Crippen LogP contribution in [0, 0.1) is 0 Å². The maximum absolute atomic E-state index is 8.46. The summed E-state index contributed by atoms with van der Waals surface area (Å²) in [6.07, 6.45) is 46.4. The van der Waals surface area contributed by atoms with E-state index in [9.17, 15) is 0 Å². The van der Waals surface area contributed by atoms with Crippen LogP contribution in [0.2, 0.25) is 0 Å². The van der Waals surface area contributed by atoms with Gasteiger partial charge >= 0.3 is 0 Å². The molecule has 0 unspecified atom stereocenters. The molecule has 0 saturated carbocycles. The Bertz CT molecular complexity index is 540. The van der Waals surface area contributed by atoms with Crippen LogP contribution in [0.25, 0.3) is 0 Å². The fourth-order valence-electron chi connectivity index (χ4n) is 2.72. The van der Waals surface area contributed by atoms with Crippen molar-refractivity contribution in [1.29, 1.82) is 0 Å². The molecule has 0 aromatic carbocycles. The second-order valence-electron chi connectivity index (χ2n) is 7.61. The molecule has 0 saturated heterocycles. The van der Waals surface area contributed by atoms with Gasteiger partial charge in [-0.1, -0.05) is 85.1 Å². The zero-order valence-electron chi connectivity index (χ0n) is 21.5. The van der Waals surface area contributed by atoms with Gasteiger partial charge in [0.25, 0.3) is 0 Å². The molecule has 34 heavy (non-hydrogen) atoms. The number of aliphatic hydroxyl groups excluding tert-OH is 3. The average molecular weight is 471 g/mol. The van der Waals surface area contributed by atoms with E-state index >= 15 is 0 Å². The van der Waals surface area contributed by atoms with E-state index in [-0.39, 0.29) is 13.2 Å². The lowest BCUT2D eigenvalue weighted by molar-refractivity contribution is 0.329. The van der Waals surface area contributed by atoms with Crippen LogP contribution in [-0.4, -0.2) is 28.5 Å². The van der Waals surface area contributed by atoms with Crippen molar-refractivity contribution in [3.05, 3.63) is 97.4 Å². The van der Waals surface area contributed by atoms with Crippen molar-refractivity contribution in [3.8, 4) is 0 Å². The fourth-order valence-corrected chi connectivity index (χ4v) is 2.72. The summed E-state index contributed by atoms with van der Waals surface area (Å²) < 4.78 is 0. The lowest BCUT2D eigenvalue weighted by atomic mass is 10.1. The van der Waals surface area contributed by atoms with E-state index in [1.165, 1.54) is 37.8 Å². The van der Waals surface area contributed by atoms with Gasteiger partial charge in [0.1, 0.15) is 0 Å². The van der Waals surface area contributed by atoms with E-state index in [0.717, 1.165) is 57.6 Å². The molecule has 1 aliphatic rings. The van der Waals surface area contributed by atoms with Crippen LogP contribution in [0.4, 0.5) is 0 Å². The van der Waals surface area contributed by atoms with Gasteiger partial charge in [-0.05, 0) is 90.0 Å². The molecular formula is C31H50O3. The molecule has 0 aliphatic heterocycles. The van der Waals surface area contributed by atoms with E-state index in [0.29, 0.717) is 0 Å². The topological polar surface area (TPSA) is 60.7 Å². The van der Waals surface area contributed by atoms with E-state index in [4.69, 9.17) is 15.3 Å². The maximum Gasteiger partial charge on any atom is 0.0751 e. The van der Waals surface area contributed by atoms with Gasteiger partial charge in [-0.3, -0.25) is 0 Å². The lowest BCUT2D eigenvalue weighted by Crippen LogP contribution is -1.74. The largest absolute Gasteiger partial charge is 0.516 e. The van der Waals surface area contributed by atoms with E-state index < -0.39 is 0 Å². The first-order chi connectivity index (χ1) is 16.8. The molecule has 0 amide bonds. The Morgan fingerprint density at radius 3 is 1.03 bits per heavy atom. The van der Waals surface area contributed by atoms with Crippen molar-refractivity contribution in [1.82, 2.24) is 0 Å². The second kappa shape index (κ2) is 35.2. The smallest absolute Gasteiger partial charge is 0.0751 e. The molecule has 3 heteroatoms. The highest BCUT2D eigenvalue weighted by molar-refractivity contribution is 4.94. The molecule has 1 aliphatic carbocycles. The first kappa shape index (κ1) is 33.8. The zero-order chi connectivity index (χ0) is 25.2. The number of unbranched alkanes of at least 4 members (excludes halogenated alkanes) is 4. The third-order valence-corrected chi connectivity index (χ3v) is 4.55. The predicted molar refractivity (Wildman–Crippen MR) is 151 cm³/mol. The van der Waals surface area contributed by atoms with E-state index in [1.54, 1.807) is 6.08 Å². The molecular weight excluding hydrogens is 420 g/mol. The Hall–Kier alpha value is -2.36. The molecule has 3 nitrogen and oxygen atoms in total. The third kappa shape index (κ3) is 37.0. The van der Waals surface area contributed by atoms with Crippen molar-refractivity contribution in [3.63, 3.8) is 0 Å². The number of aliphatic hydroxyl groups is 3. The minimum Gasteiger partial charge on any atom is -0.516 e. The van der Waals surface area contributed by atoms with Gasteiger partial charge in [-0.15, -0.1) is 0 Å². The van der Waals surface area contributed by atoms with Crippen molar-refractivity contribution >= 4 is 0 Å². The summed E-state index contributed by atoms with van der Waals surface area (Å²) in [6.45, 7) is 2.09. The highest BCUT2D eigenvalue weighted by Crippen LogP contribution is 2.03. The van der Waals surface area contributed by atoms with Crippen LogP contribution in [-0.2, 0) is 0 Å². The summed E-state index contributed by atoms with van der Waals surface area (Å²) in [7, 11) is 0. The predicted octanol–water partition coefficient (Wildman–Crippen LogP) is 8.62. The van der Waals surface area contributed by atoms with Crippen molar-refractivity contribution in [2.75, 3.05) is 13.2 Å². The summed E-state index contributed by atoms with van der Waals surface area (Å²) in [6, 6.07) is 0. The van der Waals surface area contributed by atoms with Crippen LogP contribution < -0.4 is 0 Å². The standard InChI is InChI=1S/C19H30O.C8H12.C4H8O2/c1-2-3-4-5-6-7-8-9-10-11-12-13-14-15-16-17-18-19-20;1-2-4-6-8-7-5-3-1;5-3-1-2-4-6/h2-3,6-7,10-11,14-15,18-20H,4-5,8-9,12-13,16-17H2,1H3;1-2,7-8H,3-6H2;1-2,5-6H,3-4H2/b3-2+,7-6+,11-10+,15-14+,19-18+;2-1-,8-7?;2-1-. The molecule has 1 rings (SSSR count). The maximum atomic E-state index is 8.46. The van der Waals surface area contributed by atoms with Gasteiger partial charge in [-0.25, -0.2) is 0 Å². The Morgan fingerprint density at radius 1 is 0.471 bits per heavy atom. The van der Waals surface area contributed by atoms with Crippen molar-refractivity contribution < 1.29 is 15.3 Å². The molecule has 0 atom stereocenters. The molecule has 0 aromatic heterocycles.